The Bertz CT molecular complexity index is 529. The van der Waals surface area contributed by atoms with Crippen LogP contribution in [0.1, 0.15) is 31.2 Å². The van der Waals surface area contributed by atoms with E-state index in [0.29, 0.717) is 17.6 Å². The van der Waals surface area contributed by atoms with Gasteiger partial charge in [-0.2, -0.15) is 0 Å². The normalized spacial score (nSPS) is 27.9. The molecule has 5 nitrogen and oxygen atoms in total. The van der Waals surface area contributed by atoms with E-state index < -0.39 is 24.6 Å². The minimum absolute atomic E-state index is 0.127. The van der Waals surface area contributed by atoms with Crippen molar-refractivity contribution < 1.29 is 19.7 Å². The van der Waals surface area contributed by atoms with Crippen LogP contribution in [0, 0.1) is 0 Å². The lowest BCUT2D eigenvalue weighted by molar-refractivity contribution is -0.163. The molecule has 2 fully saturated rings. The summed E-state index contributed by atoms with van der Waals surface area (Å²) in [5, 5.41) is 19.6. The molecule has 126 valence electrons. The first-order valence-electron chi connectivity index (χ1n) is 8.31. The lowest BCUT2D eigenvalue weighted by Gasteiger charge is -2.37. The van der Waals surface area contributed by atoms with Crippen molar-refractivity contribution in [1.82, 2.24) is 4.90 Å². The summed E-state index contributed by atoms with van der Waals surface area (Å²) in [4.78, 5) is 15.1. The third-order valence-electron chi connectivity index (χ3n) is 5.59. The summed E-state index contributed by atoms with van der Waals surface area (Å²) in [5.74, 6) is -0.525. The van der Waals surface area contributed by atoms with Crippen molar-refractivity contribution in [1.29, 1.82) is 0 Å². The van der Waals surface area contributed by atoms with Gasteiger partial charge in [0, 0.05) is 12.1 Å². The van der Waals surface area contributed by atoms with Gasteiger partial charge in [-0.25, -0.2) is 0 Å². The number of fused-ring (bicyclic) bond motifs is 2. The Balaban J connectivity index is 1.75. The highest BCUT2D eigenvalue weighted by molar-refractivity contribution is 5.83. The summed E-state index contributed by atoms with van der Waals surface area (Å²) in [5.41, 5.74) is -0.796. The predicted molar refractivity (Wildman–Crippen MR) is 86.0 cm³/mol. The van der Waals surface area contributed by atoms with Gasteiger partial charge in [0.2, 0.25) is 0 Å². The molecule has 0 aromatic heterocycles. The molecule has 1 aromatic rings. The number of ether oxygens (including phenoxy) is 1. The molecule has 2 atom stereocenters. The molecule has 0 radical (unpaired) electrons. The van der Waals surface area contributed by atoms with Crippen LogP contribution in [-0.2, 0) is 14.9 Å². The van der Waals surface area contributed by atoms with Crippen molar-refractivity contribution in [3.05, 3.63) is 35.9 Å². The van der Waals surface area contributed by atoms with Crippen LogP contribution in [0.2, 0.25) is 0 Å². The number of hydrogen-bond donors (Lipinski definition) is 2. The number of carbonyl (C=O) groups is 1. The standard InChI is InChI=1S/C18H25NO4/c1-19-14-7-8-15(19)10-16(9-14)23-17(22)18(11-20,12-21)13-5-3-2-4-6-13/h2-6,14-16,20-21H,7-12H2,1H3. The van der Waals surface area contributed by atoms with E-state index in [2.05, 4.69) is 11.9 Å². The van der Waals surface area contributed by atoms with Crippen LogP contribution in [-0.4, -0.2) is 59.5 Å². The first kappa shape index (κ1) is 16.4. The molecule has 0 amide bonds. The van der Waals surface area contributed by atoms with Gasteiger partial charge in [-0.05, 0) is 38.3 Å². The fraction of sp³-hybridized carbons (Fsp3) is 0.611. The fourth-order valence-electron chi connectivity index (χ4n) is 3.96. The van der Waals surface area contributed by atoms with Gasteiger partial charge in [-0.15, -0.1) is 0 Å². The molecular formula is C18H25NO4. The third-order valence-corrected chi connectivity index (χ3v) is 5.59. The highest BCUT2D eigenvalue weighted by atomic mass is 16.5. The van der Waals surface area contributed by atoms with Gasteiger partial charge in [0.15, 0.2) is 0 Å². The second kappa shape index (κ2) is 6.59. The lowest BCUT2D eigenvalue weighted by atomic mass is 9.82. The maximum Gasteiger partial charge on any atom is 0.321 e. The smallest absolute Gasteiger partial charge is 0.321 e. The highest BCUT2D eigenvalue weighted by Gasteiger charge is 2.45. The van der Waals surface area contributed by atoms with E-state index in [9.17, 15) is 15.0 Å². The minimum Gasteiger partial charge on any atom is -0.461 e. The number of aliphatic hydroxyl groups is 2. The maximum absolute atomic E-state index is 12.8. The molecule has 2 aliphatic heterocycles. The van der Waals surface area contributed by atoms with E-state index in [1.807, 2.05) is 6.07 Å². The molecule has 0 spiro atoms. The second-order valence-electron chi connectivity index (χ2n) is 6.81. The molecule has 23 heavy (non-hydrogen) atoms. The molecule has 3 rings (SSSR count). The van der Waals surface area contributed by atoms with Gasteiger partial charge in [0.1, 0.15) is 11.5 Å². The van der Waals surface area contributed by atoms with Crippen LogP contribution in [0.5, 0.6) is 0 Å². The predicted octanol–water partition coefficient (Wildman–Crippen LogP) is 1.08. The number of hydrogen-bond acceptors (Lipinski definition) is 5. The molecule has 2 heterocycles. The van der Waals surface area contributed by atoms with Crippen LogP contribution in [0.25, 0.3) is 0 Å². The number of esters is 1. The average Bonchev–Trinajstić information content (AvgIpc) is 2.79. The van der Waals surface area contributed by atoms with E-state index in [0.717, 1.165) is 25.7 Å². The highest BCUT2D eigenvalue weighted by Crippen LogP contribution is 2.36. The summed E-state index contributed by atoms with van der Waals surface area (Å²) < 4.78 is 5.74. The van der Waals surface area contributed by atoms with Crippen LogP contribution in [0.3, 0.4) is 0 Å². The fourth-order valence-corrected chi connectivity index (χ4v) is 3.96. The van der Waals surface area contributed by atoms with Crippen molar-refractivity contribution in [3.8, 4) is 0 Å². The van der Waals surface area contributed by atoms with Gasteiger partial charge in [-0.1, -0.05) is 30.3 Å². The van der Waals surface area contributed by atoms with E-state index in [1.165, 1.54) is 0 Å². The molecule has 5 heteroatoms. The van der Waals surface area contributed by atoms with E-state index in [-0.39, 0.29) is 6.10 Å². The van der Waals surface area contributed by atoms with Gasteiger partial charge in [0.05, 0.1) is 13.2 Å². The van der Waals surface area contributed by atoms with Crippen molar-refractivity contribution in [2.24, 2.45) is 0 Å². The summed E-state index contributed by atoms with van der Waals surface area (Å²) in [6, 6.07) is 9.85. The summed E-state index contributed by atoms with van der Waals surface area (Å²) in [6.45, 7) is -0.933. The van der Waals surface area contributed by atoms with Crippen molar-refractivity contribution >= 4 is 5.97 Å². The number of benzene rings is 1. The average molecular weight is 319 g/mol. The Labute approximate surface area is 136 Å². The minimum atomic E-state index is -1.39. The van der Waals surface area contributed by atoms with Crippen molar-refractivity contribution in [2.45, 2.75) is 49.3 Å². The largest absolute Gasteiger partial charge is 0.461 e. The van der Waals surface area contributed by atoms with Gasteiger partial charge in [-0.3, -0.25) is 4.79 Å². The van der Waals surface area contributed by atoms with Gasteiger partial charge >= 0.3 is 5.97 Å². The first-order valence-corrected chi connectivity index (χ1v) is 8.31. The molecule has 2 unspecified atom stereocenters. The summed E-state index contributed by atoms with van der Waals surface area (Å²) >= 11 is 0. The number of piperidine rings is 1. The van der Waals surface area contributed by atoms with Crippen LogP contribution < -0.4 is 0 Å². The Kier molecular flexibility index (Phi) is 4.71. The monoisotopic (exact) mass is 319 g/mol. The Morgan fingerprint density at radius 3 is 2.26 bits per heavy atom. The zero-order valence-electron chi connectivity index (χ0n) is 13.5. The summed E-state index contributed by atoms with van der Waals surface area (Å²) in [7, 11) is 2.14. The molecular weight excluding hydrogens is 294 g/mol. The van der Waals surface area contributed by atoms with E-state index in [1.54, 1.807) is 24.3 Å². The molecule has 2 saturated heterocycles. The zero-order valence-corrected chi connectivity index (χ0v) is 13.5. The summed E-state index contributed by atoms with van der Waals surface area (Å²) in [6.07, 6.45) is 3.84. The maximum atomic E-state index is 12.8. The third kappa shape index (κ3) is 2.89. The number of rotatable bonds is 5. The zero-order chi connectivity index (χ0) is 16.4. The van der Waals surface area contributed by atoms with Crippen LogP contribution in [0.4, 0.5) is 0 Å². The molecule has 0 aliphatic carbocycles. The second-order valence-corrected chi connectivity index (χ2v) is 6.81. The molecule has 0 saturated carbocycles. The Hall–Kier alpha value is -1.43. The number of nitrogens with zero attached hydrogens (tertiary/aromatic N) is 1. The Morgan fingerprint density at radius 2 is 1.74 bits per heavy atom. The molecule has 2 bridgehead atoms. The molecule has 2 aliphatic rings. The van der Waals surface area contributed by atoms with Crippen molar-refractivity contribution in [2.75, 3.05) is 20.3 Å². The quantitative estimate of drug-likeness (QED) is 0.795. The van der Waals surface area contributed by atoms with Gasteiger partial charge in [0.25, 0.3) is 0 Å². The first-order chi connectivity index (χ1) is 11.1. The van der Waals surface area contributed by atoms with Gasteiger partial charge < -0.3 is 19.8 Å². The number of carbonyl (C=O) groups excluding carboxylic acids is 1. The Morgan fingerprint density at radius 1 is 1.17 bits per heavy atom. The SMILES string of the molecule is CN1C2CCC1CC(OC(=O)C(CO)(CO)c1ccccc1)C2. The van der Waals surface area contributed by atoms with Crippen LogP contribution in [0.15, 0.2) is 30.3 Å². The molecule has 1 aromatic carbocycles. The van der Waals surface area contributed by atoms with Crippen LogP contribution >= 0.6 is 0 Å². The lowest BCUT2D eigenvalue weighted by Crippen LogP contribution is -2.49. The van der Waals surface area contributed by atoms with E-state index in [4.69, 9.17) is 4.74 Å². The topological polar surface area (TPSA) is 70.0 Å². The number of aliphatic hydroxyl groups excluding tert-OH is 2. The van der Waals surface area contributed by atoms with Crippen molar-refractivity contribution in [3.63, 3.8) is 0 Å². The molecule has 2 N–H and O–H groups in total. The van der Waals surface area contributed by atoms with E-state index >= 15 is 0 Å².